The minimum atomic E-state index is -3.89. The second-order valence-corrected chi connectivity index (χ2v) is 12.2. The zero-order valence-electron chi connectivity index (χ0n) is 18.8. The van der Waals surface area contributed by atoms with Gasteiger partial charge in [-0.25, -0.2) is 4.39 Å². The van der Waals surface area contributed by atoms with Gasteiger partial charge in [-0.05, 0) is 56.6 Å². The Morgan fingerprint density at radius 1 is 1.31 bits per heavy atom. The van der Waals surface area contributed by atoms with E-state index in [2.05, 4.69) is 4.18 Å². The molecule has 0 radical (unpaired) electrons. The van der Waals surface area contributed by atoms with E-state index in [1.54, 1.807) is 26.8 Å². The van der Waals surface area contributed by atoms with Crippen LogP contribution in [0.4, 0.5) is 4.39 Å². The van der Waals surface area contributed by atoms with Crippen molar-refractivity contribution < 1.29 is 36.8 Å². The molecular weight excluding hydrogens is 439 g/mol. The molecule has 2 unspecified atom stereocenters. The largest absolute Gasteiger partial charge is 0.390 e. The fourth-order valence-corrected chi connectivity index (χ4v) is 7.73. The summed E-state index contributed by atoms with van der Waals surface area (Å²) in [5, 5.41) is 22.9. The van der Waals surface area contributed by atoms with Gasteiger partial charge in [-0.2, -0.15) is 8.42 Å². The van der Waals surface area contributed by atoms with Crippen molar-refractivity contribution in [3.8, 4) is 0 Å². The number of rotatable bonds is 4. The standard InChI is InChI=1S/C23H31FO7S/c1-13-9-17-16-6-5-14-10-15(25)7-8-20(14,2)22(16,24)18(26)11-21(17,3)23(13,28)19(27)12-31-32(4,29)30/h7-8,10,13,16-18,26,28H,5-6,9,11-12H2,1-4H3/t13?,16-,17-,18?,20-,21-,22-,23-/m0/s1. The number of carbonyl (C=O) groups is 2. The van der Waals surface area contributed by atoms with Crippen LogP contribution in [0.2, 0.25) is 0 Å². The van der Waals surface area contributed by atoms with E-state index in [-0.39, 0.29) is 12.2 Å². The average molecular weight is 471 g/mol. The Bertz CT molecular complexity index is 1030. The van der Waals surface area contributed by atoms with Gasteiger partial charge in [0.1, 0.15) is 12.2 Å². The molecule has 0 spiro atoms. The highest BCUT2D eigenvalue weighted by Gasteiger charge is 2.75. The van der Waals surface area contributed by atoms with Gasteiger partial charge in [-0.3, -0.25) is 13.8 Å². The normalized spacial score (nSPS) is 48.0. The fourth-order valence-electron chi connectivity index (χ4n) is 7.41. The summed E-state index contributed by atoms with van der Waals surface area (Å²) in [6.45, 7) is 4.29. The van der Waals surface area contributed by atoms with E-state index in [9.17, 15) is 28.2 Å². The zero-order valence-corrected chi connectivity index (χ0v) is 19.6. The average Bonchev–Trinajstić information content (AvgIpc) is 2.89. The number of Topliss-reactive ketones (excluding diaryl/α,β-unsaturated/α-hetero) is 1. The van der Waals surface area contributed by atoms with Crippen LogP contribution in [0.1, 0.15) is 46.5 Å². The van der Waals surface area contributed by atoms with Gasteiger partial charge >= 0.3 is 0 Å². The second kappa shape index (κ2) is 7.04. The smallest absolute Gasteiger partial charge is 0.264 e. The van der Waals surface area contributed by atoms with Gasteiger partial charge in [-0.15, -0.1) is 0 Å². The third kappa shape index (κ3) is 2.90. The van der Waals surface area contributed by atoms with E-state index < -0.39 is 68.5 Å². The molecule has 4 aliphatic carbocycles. The number of aliphatic hydroxyl groups excluding tert-OH is 1. The van der Waals surface area contributed by atoms with Crippen molar-refractivity contribution in [1.29, 1.82) is 0 Å². The third-order valence-corrected chi connectivity index (χ3v) is 9.60. The van der Waals surface area contributed by atoms with E-state index in [4.69, 9.17) is 0 Å². The molecule has 0 aliphatic heterocycles. The lowest BCUT2D eigenvalue weighted by Gasteiger charge is -2.62. The molecule has 4 aliphatic rings. The molecule has 0 aromatic carbocycles. The van der Waals surface area contributed by atoms with Crippen molar-refractivity contribution in [1.82, 2.24) is 0 Å². The second-order valence-electron chi connectivity index (χ2n) is 10.6. The molecule has 0 heterocycles. The first-order valence-corrected chi connectivity index (χ1v) is 12.8. The number of aliphatic hydroxyl groups is 2. The van der Waals surface area contributed by atoms with E-state index in [0.717, 1.165) is 6.26 Å². The first-order chi connectivity index (χ1) is 14.6. The molecule has 178 valence electrons. The Kier molecular flexibility index (Phi) is 5.22. The lowest BCUT2D eigenvalue weighted by Crippen LogP contribution is -2.69. The number of halogens is 1. The van der Waals surface area contributed by atoms with Crippen LogP contribution in [0.15, 0.2) is 23.8 Å². The van der Waals surface area contributed by atoms with Crippen LogP contribution in [0.3, 0.4) is 0 Å². The number of fused-ring (bicyclic) bond motifs is 5. The van der Waals surface area contributed by atoms with E-state index in [1.807, 2.05) is 0 Å². The van der Waals surface area contributed by atoms with Crippen molar-refractivity contribution in [2.75, 3.05) is 12.9 Å². The molecule has 0 bridgehead atoms. The molecule has 7 nitrogen and oxygen atoms in total. The molecule has 3 saturated carbocycles. The molecule has 32 heavy (non-hydrogen) atoms. The predicted octanol–water partition coefficient (Wildman–Crippen LogP) is 1.88. The van der Waals surface area contributed by atoms with Gasteiger partial charge in [-0.1, -0.05) is 25.5 Å². The van der Waals surface area contributed by atoms with Crippen molar-refractivity contribution in [2.24, 2.45) is 28.6 Å². The van der Waals surface area contributed by atoms with Crippen LogP contribution >= 0.6 is 0 Å². The van der Waals surface area contributed by atoms with E-state index >= 15 is 4.39 Å². The molecule has 4 rings (SSSR count). The molecule has 0 aromatic heterocycles. The third-order valence-electron chi connectivity index (χ3n) is 9.05. The minimum Gasteiger partial charge on any atom is -0.390 e. The molecule has 8 atom stereocenters. The number of hydrogen-bond donors (Lipinski definition) is 2. The maximum Gasteiger partial charge on any atom is 0.264 e. The van der Waals surface area contributed by atoms with Gasteiger partial charge in [0.15, 0.2) is 17.2 Å². The molecule has 0 saturated heterocycles. The highest BCUT2D eigenvalue weighted by atomic mass is 32.2. The molecule has 9 heteroatoms. The monoisotopic (exact) mass is 470 g/mol. The first-order valence-electron chi connectivity index (χ1n) is 11.0. The van der Waals surface area contributed by atoms with Crippen molar-refractivity contribution in [3.05, 3.63) is 23.8 Å². The summed E-state index contributed by atoms with van der Waals surface area (Å²) >= 11 is 0. The molecule has 0 amide bonds. The summed E-state index contributed by atoms with van der Waals surface area (Å²) < 4.78 is 44.5. The predicted molar refractivity (Wildman–Crippen MR) is 114 cm³/mol. The summed E-state index contributed by atoms with van der Waals surface area (Å²) in [5.74, 6) is -2.60. The molecule has 0 aromatic rings. The van der Waals surface area contributed by atoms with Crippen molar-refractivity contribution in [3.63, 3.8) is 0 Å². The Balaban J connectivity index is 1.75. The minimum absolute atomic E-state index is 0.166. The maximum atomic E-state index is 17.0. The van der Waals surface area contributed by atoms with Crippen LogP contribution in [0, 0.1) is 28.6 Å². The first kappa shape index (κ1) is 23.7. The van der Waals surface area contributed by atoms with Crippen molar-refractivity contribution in [2.45, 2.75) is 63.8 Å². The topological polar surface area (TPSA) is 118 Å². The van der Waals surface area contributed by atoms with Gasteiger partial charge in [0.2, 0.25) is 0 Å². The highest BCUT2D eigenvalue weighted by Crippen LogP contribution is 2.70. The number of ketones is 2. The van der Waals surface area contributed by atoms with Gasteiger partial charge < -0.3 is 10.2 Å². The summed E-state index contributed by atoms with van der Waals surface area (Å²) in [4.78, 5) is 25.0. The quantitative estimate of drug-likeness (QED) is 0.602. The number of carbonyl (C=O) groups excluding carboxylic acids is 2. The van der Waals surface area contributed by atoms with Crippen LogP contribution in [0.5, 0.6) is 0 Å². The van der Waals surface area contributed by atoms with Crippen LogP contribution < -0.4 is 0 Å². The van der Waals surface area contributed by atoms with Crippen molar-refractivity contribution >= 4 is 21.7 Å². The highest BCUT2D eigenvalue weighted by molar-refractivity contribution is 7.86. The summed E-state index contributed by atoms with van der Waals surface area (Å²) in [6.07, 6.45) is 4.75. The van der Waals surface area contributed by atoms with Crippen LogP contribution in [-0.4, -0.2) is 60.4 Å². The van der Waals surface area contributed by atoms with Gasteiger partial charge in [0.25, 0.3) is 10.1 Å². The molecule has 3 fully saturated rings. The Morgan fingerprint density at radius 3 is 2.59 bits per heavy atom. The Morgan fingerprint density at radius 2 is 1.97 bits per heavy atom. The molecule has 2 N–H and O–H groups in total. The Labute approximate surface area is 187 Å². The maximum absolute atomic E-state index is 17.0. The number of alkyl halides is 1. The van der Waals surface area contributed by atoms with Crippen LogP contribution in [0.25, 0.3) is 0 Å². The number of hydrogen-bond acceptors (Lipinski definition) is 7. The Hall–Kier alpha value is -1.42. The summed E-state index contributed by atoms with van der Waals surface area (Å²) in [6, 6.07) is 0. The summed E-state index contributed by atoms with van der Waals surface area (Å²) in [5.41, 5.74) is -5.67. The fraction of sp³-hybridized carbons (Fsp3) is 0.739. The molecular formula is C23H31FO7S. The van der Waals surface area contributed by atoms with E-state index in [0.29, 0.717) is 24.8 Å². The zero-order chi connectivity index (χ0) is 23.9. The lowest BCUT2D eigenvalue weighted by atomic mass is 9.44. The number of allylic oxidation sites excluding steroid dienone is 4. The summed E-state index contributed by atoms with van der Waals surface area (Å²) in [7, 11) is -3.89. The van der Waals surface area contributed by atoms with Gasteiger partial charge in [0, 0.05) is 16.7 Å². The van der Waals surface area contributed by atoms with Gasteiger partial charge in [0.05, 0.1) is 12.4 Å². The van der Waals surface area contributed by atoms with E-state index in [1.165, 1.54) is 12.2 Å². The lowest BCUT2D eigenvalue weighted by molar-refractivity contribution is -0.219. The van der Waals surface area contributed by atoms with Crippen LogP contribution in [-0.2, 0) is 23.9 Å². The SMILES string of the molecule is CC1C[C@H]2[C@@H]3CCC4=CC(=O)C=C[C@]4(C)[C@@]3(F)C(O)C[C@]2(C)[C@@]1(O)C(=O)COS(C)(=O)=O.